The first-order valence-electron chi connectivity index (χ1n) is 5.16. The van der Waals surface area contributed by atoms with Crippen LogP contribution in [0.1, 0.15) is 18.1 Å². The predicted octanol–water partition coefficient (Wildman–Crippen LogP) is 2.73. The van der Waals surface area contributed by atoms with Crippen molar-refractivity contribution in [3.63, 3.8) is 0 Å². The highest BCUT2D eigenvalue weighted by atomic mass is 79.9. The zero-order valence-corrected chi connectivity index (χ0v) is 11.5. The largest absolute Gasteiger partial charge is 0.504 e. The lowest BCUT2D eigenvalue weighted by atomic mass is 9.96. The molecule has 2 N–H and O–H groups in total. The van der Waals surface area contributed by atoms with Gasteiger partial charge in [0.2, 0.25) is 0 Å². The number of carbonyl (C=O) groups is 1. The molecule has 0 spiro atoms. The number of methoxy groups -OCH3 is 1. The standard InChI is InChI=1S/C12H15BrO4/c1-6(12(15)16)4-8-7(2)9(13)5-10(17-3)11(8)14/h5-6,14H,4H2,1-3H3,(H,15,16). The summed E-state index contributed by atoms with van der Waals surface area (Å²) in [6.45, 7) is 3.43. The molecule has 0 aliphatic heterocycles. The Morgan fingerprint density at radius 3 is 2.65 bits per heavy atom. The Labute approximate surface area is 108 Å². The third kappa shape index (κ3) is 2.91. The maximum Gasteiger partial charge on any atom is 0.306 e. The van der Waals surface area contributed by atoms with Gasteiger partial charge >= 0.3 is 5.97 Å². The van der Waals surface area contributed by atoms with Gasteiger partial charge in [0, 0.05) is 10.0 Å². The second kappa shape index (κ2) is 5.40. The van der Waals surface area contributed by atoms with Crippen LogP contribution in [-0.2, 0) is 11.2 Å². The molecule has 94 valence electrons. The Balaban J connectivity index is 3.22. The van der Waals surface area contributed by atoms with Crippen LogP contribution in [-0.4, -0.2) is 23.3 Å². The van der Waals surface area contributed by atoms with E-state index in [0.29, 0.717) is 11.3 Å². The van der Waals surface area contributed by atoms with E-state index in [9.17, 15) is 9.90 Å². The van der Waals surface area contributed by atoms with E-state index >= 15 is 0 Å². The molecule has 0 saturated heterocycles. The average Bonchev–Trinajstić information content (AvgIpc) is 2.28. The Bertz CT molecular complexity index is 443. The van der Waals surface area contributed by atoms with Crippen LogP contribution >= 0.6 is 15.9 Å². The number of aromatic hydroxyl groups is 1. The summed E-state index contributed by atoms with van der Waals surface area (Å²) in [7, 11) is 1.46. The molecule has 0 aliphatic rings. The summed E-state index contributed by atoms with van der Waals surface area (Å²) < 4.78 is 5.83. The van der Waals surface area contributed by atoms with E-state index in [1.165, 1.54) is 7.11 Å². The van der Waals surface area contributed by atoms with Crippen LogP contribution in [0.4, 0.5) is 0 Å². The molecule has 1 aromatic rings. The molecular weight excluding hydrogens is 288 g/mol. The van der Waals surface area contributed by atoms with Crippen molar-refractivity contribution in [1.29, 1.82) is 0 Å². The molecule has 0 fully saturated rings. The maximum absolute atomic E-state index is 10.8. The summed E-state index contributed by atoms with van der Waals surface area (Å²) in [5, 5.41) is 18.9. The third-order valence-corrected chi connectivity index (χ3v) is 3.56. The SMILES string of the molecule is COc1cc(Br)c(C)c(CC(C)C(=O)O)c1O. The van der Waals surface area contributed by atoms with Gasteiger partial charge in [0.25, 0.3) is 0 Å². The molecule has 0 aromatic heterocycles. The highest BCUT2D eigenvalue weighted by Gasteiger charge is 2.19. The van der Waals surface area contributed by atoms with E-state index in [4.69, 9.17) is 9.84 Å². The molecule has 1 rings (SSSR count). The summed E-state index contributed by atoms with van der Waals surface area (Å²) in [6, 6.07) is 1.67. The van der Waals surface area contributed by atoms with Gasteiger partial charge in [-0.05, 0) is 25.0 Å². The van der Waals surface area contributed by atoms with Crippen LogP contribution in [0.5, 0.6) is 11.5 Å². The molecule has 0 radical (unpaired) electrons. The molecular formula is C12H15BrO4. The zero-order chi connectivity index (χ0) is 13.2. The van der Waals surface area contributed by atoms with Crippen LogP contribution in [0.25, 0.3) is 0 Å². The fourth-order valence-corrected chi connectivity index (χ4v) is 2.01. The molecule has 1 atom stereocenters. The Kier molecular flexibility index (Phi) is 4.40. The summed E-state index contributed by atoms with van der Waals surface area (Å²) in [6.07, 6.45) is 0.267. The van der Waals surface area contributed by atoms with Gasteiger partial charge in [-0.1, -0.05) is 22.9 Å². The Hall–Kier alpha value is -1.23. The van der Waals surface area contributed by atoms with Gasteiger partial charge in [-0.15, -0.1) is 0 Å². The molecule has 17 heavy (non-hydrogen) atoms. The number of benzene rings is 1. The van der Waals surface area contributed by atoms with E-state index in [-0.39, 0.29) is 12.2 Å². The van der Waals surface area contributed by atoms with Crippen LogP contribution in [0, 0.1) is 12.8 Å². The number of carboxylic acids is 1. The normalized spacial score (nSPS) is 12.2. The molecule has 0 heterocycles. The summed E-state index contributed by atoms with van der Waals surface area (Å²) in [5.41, 5.74) is 1.43. The smallest absolute Gasteiger partial charge is 0.306 e. The van der Waals surface area contributed by atoms with Crippen LogP contribution in [0.2, 0.25) is 0 Å². The fraction of sp³-hybridized carbons (Fsp3) is 0.417. The highest BCUT2D eigenvalue weighted by molar-refractivity contribution is 9.10. The quantitative estimate of drug-likeness (QED) is 0.897. The average molecular weight is 303 g/mol. The number of halogens is 1. The van der Waals surface area contributed by atoms with E-state index in [0.717, 1.165) is 10.0 Å². The minimum Gasteiger partial charge on any atom is -0.504 e. The van der Waals surface area contributed by atoms with Crippen molar-refractivity contribution in [3.05, 3.63) is 21.7 Å². The van der Waals surface area contributed by atoms with Gasteiger partial charge in [0.1, 0.15) is 0 Å². The van der Waals surface area contributed by atoms with E-state index in [1.54, 1.807) is 13.0 Å². The van der Waals surface area contributed by atoms with Crippen molar-refractivity contribution < 1.29 is 19.7 Å². The van der Waals surface area contributed by atoms with Crippen LogP contribution in [0.15, 0.2) is 10.5 Å². The second-order valence-corrected chi connectivity index (χ2v) is 4.81. The number of rotatable bonds is 4. The zero-order valence-electron chi connectivity index (χ0n) is 9.95. The number of phenolic OH excluding ortho intramolecular Hbond substituents is 1. The number of hydrogen-bond donors (Lipinski definition) is 2. The fourth-order valence-electron chi connectivity index (χ4n) is 1.56. The summed E-state index contributed by atoms with van der Waals surface area (Å²) in [5.74, 6) is -1.09. The van der Waals surface area contributed by atoms with Gasteiger partial charge in [-0.2, -0.15) is 0 Å². The number of ether oxygens (including phenoxy) is 1. The molecule has 0 saturated carbocycles. The van der Waals surface area contributed by atoms with E-state index in [2.05, 4.69) is 15.9 Å². The summed E-state index contributed by atoms with van der Waals surface area (Å²) in [4.78, 5) is 10.8. The van der Waals surface area contributed by atoms with E-state index < -0.39 is 11.9 Å². The Morgan fingerprint density at radius 1 is 1.59 bits per heavy atom. The first kappa shape index (κ1) is 13.8. The van der Waals surface area contributed by atoms with Gasteiger partial charge in [0.05, 0.1) is 13.0 Å². The summed E-state index contributed by atoms with van der Waals surface area (Å²) >= 11 is 3.36. The topological polar surface area (TPSA) is 66.8 Å². The van der Waals surface area contributed by atoms with Crippen molar-refractivity contribution in [2.45, 2.75) is 20.3 Å². The van der Waals surface area contributed by atoms with Gasteiger partial charge in [-0.25, -0.2) is 0 Å². The predicted molar refractivity (Wildman–Crippen MR) is 67.6 cm³/mol. The maximum atomic E-state index is 10.8. The van der Waals surface area contributed by atoms with Crippen LogP contribution < -0.4 is 4.74 Å². The lowest BCUT2D eigenvalue weighted by molar-refractivity contribution is -0.141. The minimum atomic E-state index is -0.886. The lowest BCUT2D eigenvalue weighted by Crippen LogP contribution is -2.13. The third-order valence-electron chi connectivity index (χ3n) is 2.74. The van der Waals surface area contributed by atoms with Crippen molar-refractivity contribution in [2.24, 2.45) is 5.92 Å². The lowest BCUT2D eigenvalue weighted by Gasteiger charge is -2.15. The highest BCUT2D eigenvalue weighted by Crippen LogP contribution is 2.38. The molecule has 0 amide bonds. The van der Waals surface area contributed by atoms with Crippen molar-refractivity contribution in [1.82, 2.24) is 0 Å². The minimum absolute atomic E-state index is 0.0151. The number of hydrogen-bond acceptors (Lipinski definition) is 3. The second-order valence-electron chi connectivity index (χ2n) is 3.96. The molecule has 5 heteroatoms. The first-order chi connectivity index (χ1) is 7.88. The Morgan fingerprint density at radius 2 is 2.18 bits per heavy atom. The van der Waals surface area contributed by atoms with E-state index in [1.807, 2.05) is 6.92 Å². The number of carboxylic acid groups (broad SMARTS) is 1. The van der Waals surface area contributed by atoms with Crippen molar-refractivity contribution >= 4 is 21.9 Å². The monoisotopic (exact) mass is 302 g/mol. The van der Waals surface area contributed by atoms with Crippen LogP contribution in [0.3, 0.4) is 0 Å². The number of phenols is 1. The van der Waals surface area contributed by atoms with Crippen molar-refractivity contribution in [3.8, 4) is 11.5 Å². The van der Waals surface area contributed by atoms with Crippen molar-refractivity contribution in [2.75, 3.05) is 7.11 Å². The molecule has 1 unspecified atom stereocenters. The molecule has 1 aromatic carbocycles. The van der Waals surface area contributed by atoms with Gasteiger partial charge in [-0.3, -0.25) is 4.79 Å². The molecule has 0 bridgehead atoms. The molecule has 4 nitrogen and oxygen atoms in total. The number of aliphatic carboxylic acids is 1. The van der Waals surface area contributed by atoms with Gasteiger partial charge in [0.15, 0.2) is 11.5 Å². The first-order valence-corrected chi connectivity index (χ1v) is 5.95. The molecule has 0 aliphatic carbocycles. The van der Waals surface area contributed by atoms with Gasteiger partial charge < -0.3 is 14.9 Å².